The highest BCUT2D eigenvalue weighted by atomic mass is 16.3. The largest absolute Gasteiger partial charge is 0.393 e. The Kier molecular flexibility index (Phi) is 3.97. The van der Waals surface area contributed by atoms with Gasteiger partial charge in [-0.25, -0.2) is 0 Å². The number of rotatable bonds is 4. The van der Waals surface area contributed by atoms with Gasteiger partial charge in [-0.2, -0.15) is 0 Å². The SMILES string of the molecule is Cc1ccc(CCCC(C)O)cc1. The second kappa shape index (κ2) is 5.03. The first-order valence-corrected chi connectivity index (χ1v) is 4.92. The van der Waals surface area contributed by atoms with E-state index in [-0.39, 0.29) is 6.10 Å². The Morgan fingerprint density at radius 3 is 2.38 bits per heavy atom. The summed E-state index contributed by atoms with van der Waals surface area (Å²) < 4.78 is 0. The van der Waals surface area contributed by atoms with Crippen LogP contribution in [0.3, 0.4) is 0 Å². The van der Waals surface area contributed by atoms with Crippen molar-refractivity contribution in [2.24, 2.45) is 0 Å². The zero-order valence-electron chi connectivity index (χ0n) is 8.46. The summed E-state index contributed by atoms with van der Waals surface area (Å²) in [4.78, 5) is 0. The molecular formula is C12H18O. The smallest absolute Gasteiger partial charge is 0.0512 e. The minimum atomic E-state index is -0.162. The van der Waals surface area contributed by atoms with Crippen molar-refractivity contribution in [1.82, 2.24) is 0 Å². The van der Waals surface area contributed by atoms with Crippen molar-refractivity contribution in [3.05, 3.63) is 35.4 Å². The summed E-state index contributed by atoms with van der Waals surface area (Å²) in [6.45, 7) is 3.94. The number of aryl methyl sites for hydroxylation is 2. The van der Waals surface area contributed by atoms with Crippen LogP contribution in [0, 0.1) is 6.92 Å². The molecule has 0 aliphatic carbocycles. The lowest BCUT2D eigenvalue weighted by Gasteiger charge is -2.04. The van der Waals surface area contributed by atoms with E-state index in [9.17, 15) is 0 Å². The van der Waals surface area contributed by atoms with Crippen LogP contribution in [0.1, 0.15) is 30.9 Å². The highest BCUT2D eigenvalue weighted by Crippen LogP contribution is 2.08. The van der Waals surface area contributed by atoms with Gasteiger partial charge in [-0.05, 0) is 38.7 Å². The number of hydrogen-bond acceptors (Lipinski definition) is 1. The van der Waals surface area contributed by atoms with Crippen LogP contribution < -0.4 is 0 Å². The highest BCUT2D eigenvalue weighted by Gasteiger charge is 1.96. The third-order valence-corrected chi connectivity index (χ3v) is 2.21. The van der Waals surface area contributed by atoms with Crippen LogP contribution in [0.15, 0.2) is 24.3 Å². The lowest BCUT2D eigenvalue weighted by molar-refractivity contribution is 0.182. The van der Waals surface area contributed by atoms with Gasteiger partial charge in [0, 0.05) is 0 Å². The second-order valence-electron chi connectivity index (χ2n) is 3.73. The van der Waals surface area contributed by atoms with Gasteiger partial charge < -0.3 is 5.11 Å². The van der Waals surface area contributed by atoms with Gasteiger partial charge in [-0.15, -0.1) is 0 Å². The van der Waals surface area contributed by atoms with E-state index in [1.807, 2.05) is 6.92 Å². The van der Waals surface area contributed by atoms with Crippen LogP contribution >= 0.6 is 0 Å². The van der Waals surface area contributed by atoms with Gasteiger partial charge in [0.15, 0.2) is 0 Å². The molecule has 72 valence electrons. The van der Waals surface area contributed by atoms with Crippen molar-refractivity contribution in [1.29, 1.82) is 0 Å². The minimum absolute atomic E-state index is 0.162. The zero-order chi connectivity index (χ0) is 9.68. The van der Waals surface area contributed by atoms with Crippen molar-refractivity contribution >= 4 is 0 Å². The summed E-state index contributed by atoms with van der Waals surface area (Å²) in [5, 5.41) is 9.07. The Bertz CT molecular complexity index is 236. The number of benzene rings is 1. The maximum Gasteiger partial charge on any atom is 0.0512 e. The first-order valence-electron chi connectivity index (χ1n) is 4.92. The van der Waals surface area contributed by atoms with Crippen LogP contribution in [0.25, 0.3) is 0 Å². The van der Waals surface area contributed by atoms with Crippen LogP contribution in [0.2, 0.25) is 0 Å². The molecule has 0 saturated carbocycles. The van der Waals surface area contributed by atoms with Gasteiger partial charge in [0.1, 0.15) is 0 Å². The molecule has 1 atom stereocenters. The van der Waals surface area contributed by atoms with E-state index in [4.69, 9.17) is 5.11 Å². The Morgan fingerprint density at radius 1 is 1.23 bits per heavy atom. The number of aliphatic hydroxyl groups excluding tert-OH is 1. The molecule has 1 nitrogen and oxygen atoms in total. The molecule has 0 amide bonds. The van der Waals surface area contributed by atoms with E-state index in [0.717, 1.165) is 19.3 Å². The Morgan fingerprint density at radius 2 is 1.85 bits per heavy atom. The standard InChI is InChI=1S/C12H18O/c1-10-6-8-12(9-7-10)5-3-4-11(2)13/h6-9,11,13H,3-5H2,1-2H3. The fraction of sp³-hybridized carbons (Fsp3) is 0.500. The first-order chi connectivity index (χ1) is 6.18. The molecule has 1 aromatic carbocycles. The highest BCUT2D eigenvalue weighted by molar-refractivity contribution is 5.21. The molecule has 0 aliphatic rings. The van der Waals surface area contributed by atoms with Gasteiger partial charge in [-0.1, -0.05) is 29.8 Å². The van der Waals surface area contributed by atoms with Crippen molar-refractivity contribution in [3.8, 4) is 0 Å². The average Bonchev–Trinajstić information content (AvgIpc) is 2.08. The van der Waals surface area contributed by atoms with E-state index >= 15 is 0 Å². The molecule has 0 bridgehead atoms. The molecule has 1 unspecified atom stereocenters. The maximum atomic E-state index is 9.07. The molecule has 0 heterocycles. The number of hydrogen-bond donors (Lipinski definition) is 1. The van der Waals surface area contributed by atoms with Crippen LogP contribution in [0.4, 0.5) is 0 Å². The lowest BCUT2D eigenvalue weighted by atomic mass is 10.1. The Hall–Kier alpha value is -0.820. The molecule has 13 heavy (non-hydrogen) atoms. The van der Waals surface area contributed by atoms with Crippen molar-refractivity contribution in [2.45, 2.75) is 39.2 Å². The molecule has 1 N–H and O–H groups in total. The summed E-state index contributed by atoms with van der Waals surface area (Å²) >= 11 is 0. The maximum absolute atomic E-state index is 9.07. The van der Waals surface area contributed by atoms with Gasteiger partial charge in [0.05, 0.1) is 6.10 Å². The first kappa shape index (κ1) is 10.3. The van der Waals surface area contributed by atoms with E-state index in [2.05, 4.69) is 31.2 Å². The van der Waals surface area contributed by atoms with Crippen molar-refractivity contribution in [2.75, 3.05) is 0 Å². The summed E-state index contributed by atoms with van der Waals surface area (Å²) in [5.41, 5.74) is 2.67. The van der Waals surface area contributed by atoms with Crippen molar-refractivity contribution in [3.63, 3.8) is 0 Å². The predicted octanol–water partition coefficient (Wildman–Crippen LogP) is 2.70. The quantitative estimate of drug-likeness (QED) is 0.751. The molecule has 0 fully saturated rings. The van der Waals surface area contributed by atoms with Crippen LogP contribution in [-0.2, 0) is 6.42 Å². The van der Waals surface area contributed by atoms with E-state index in [0.29, 0.717) is 0 Å². The van der Waals surface area contributed by atoms with Gasteiger partial charge in [0.2, 0.25) is 0 Å². The third-order valence-electron chi connectivity index (χ3n) is 2.21. The summed E-state index contributed by atoms with van der Waals surface area (Å²) in [7, 11) is 0. The van der Waals surface area contributed by atoms with E-state index in [1.54, 1.807) is 0 Å². The molecule has 1 heteroatoms. The zero-order valence-corrected chi connectivity index (χ0v) is 8.46. The van der Waals surface area contributed by atoms with Crippen LogP contribution in [-0.4, -0.2) is 11.2 Å². The monoisotopic (exact) mass is 178 g/mol. The van der Waals surface area contributed by atoms with Crippen molar-refractivity contribution < 1.29 is 5.11 Å². The summed E-state index contributed by atoms with van der Waals surface area (Å²) in [6, 6.07) is 8.60. The molecular weight excluding hydrogens is 160 g/mol. The second-order valence-corrected chi connectivity index (χ2v) is 3.73. The average molecular weight is 178 g/mol. The summed E-state index contributed by atoms with van der Waals surface area (Å²) in [6.07, 6.45) is 2.88. The topological polar surface area (TPSA) is 20.2 Å². The van der Waals surface area contributed by atoms with Gasteiger partial charge in [-0.3, -0.25) is 0 Å². The van der Waals surface area contributed by atoms with E-state index in [1.165, 1.54) is 11.1 Å². The molecule has 0 radical (unpaired) electrons. The van der Waals surface area contributed by atoms with Crippen LogP contribution in [0.5, 0.6) is 0 Å². The fourth-order valence-electron chi connectivity index (χ4n) is 1.36. The minimum Gasteiger partial charge on any atom is -0.393 e. The van der Waals surface area contributed by atoms with E-state index < -0.39 is 0 Å². The molecule has 1 rings (SSSR count). The predicted molar refractivity (Wildman–Crippen MR) is 55.8 cm³/mol. The lowest BCUT2D eigenvalue weighted by Crippen LogP contribution is -1.99. The van der Waals surface area contributed by atoms with Gasteiger partial charge >= 0.3 is 0 Å². The molecule has 0 spiro atoms. The fourth-order valence-corrected chi connectivity index (χ4v) is 1.36. The molecule has 0 aliphatic heterocycles. The normalized spacial score (nSPS) is 12.8. The number of aliphatic hydroxyl groups is 1. The Balaban J connectivity index is 2.33. The van der Waals surface area contributed by atoms with Gasteiger partial charge in [0.25, 0.3) is 0 Å². The molecule has 1 aromatic rings. The molecule has 0 aromatic heterocycles. The third kappa shape index (κ3) is 4.09. The molecule has 0 saturated heterocycles. The summed E-state index contributed by atoms with van der Waals surface area (Å²) in [5.74, 6) is 0. The Labute approximate surface area is 80.4 Å².